The van der Waals surface area contributed by atoms with Gasteiger partial charge in [-0.1, -0.05) is 13.8 Å². The van der Waals surface area contributed by atoms with Gasteiger partial charge in [0.25, 0.3) is 5.91 Å². The van der Waals surface area contributed by atoms with Crippen molar-refractivity contribution in [1.82, 2.24) is 9.55 Å². The number of nitrogens with one attached hydrogen (secondary N) is 2. The lowest BCUT2D eigenvalue weighted by molar-refractivity contribution is 0.0589. The Labute approximate surface area is 190 Å². The Kier molecular flexibility index (Phi) is 6.48. The minimum absolute atomic E-state index is 0.133. The number of aryl methyl sites for hydroxylation is 1. The molecule has 0 saturated heterocycles. The van der Waals surface area contributed by atoms with Gasteiger partial charge < -0.3 is 28.8 Å². The number of amides is 1. The maximum atomic E-state index is 12.8. The maximum absolute atomic E-state index is 12.8. The highest BCUT2D eigenvalue weighted by molar-refractivity contribution is 6.14. The quantitative estimate of drug-likeness (QED) is 0.348. The average molecular weight is 450 g/mol. The van der Waals surface area contributed by atoms with E-state index >= 15 is 0 Å². The molecule has 172 valence electrons. The minimum atomic E-state index is -0.559. The normalized spacial score (nSPS) is 11.2. The number of esters is 1. The highest BCUT2D eigenvalue weighted by Crippen LogP contribution is 2.33. The molecular weight excluding hydrogens is 424 g/mol. The van der Waals surface area contributed by atoms with Crippen LogP contribution in [0, 0.1) is 5.92 Å². The summed E-state index contributed by atoms with van der Waals surface area (Å²) >= 11 is 0. The Morgan fingerprint density at radius 3 is 2.64 bits per heavy atom. The molecule has 0 radical (unpaired) electrons. The Bertz CT molecular complexity index is 1240. The molecule has 0 aromatic carbocycles. The van der Waals surface area contributed by atoms with E-state index in [2.05, 4.69) is 29.5 Å². The summed E-state index contributed by atoms with van der Waals surface area (Å²) in [6.45, 7) is 5.22. The second kappa shape index (κ2) is 9.64. The largest absolute Gasteiger partial charge is 0.467 e. The molecule has 0 spiro atoms. The van der Waals surface area contributed by atoms with Crippen molar-refractivity contribution in [3.8, 4) is 0 Å². The number of aromatic nitrogens is 2. The molecule has 4 aromatic rings. The molecule has 0 bridgehead atoms. The second-order valence-corrected chi connectivity index (χ2v) is 8.01. The number of carbonyl (C=O) groups is 2. The van der Waals surface area contributed by atoms with Gasteiger partial charge in [-0.05, 0) is 42.7 Å². The summed E-state index contributed by atoms with van der Waals surface area (Å²) in [7, 11) is 1.31. The molecule has 0 fully saturated rings. The molecule has 0 aliphatic carbocycles. The average Bonchev–Trinajstić information content (AvgIpc) is 3.57. The van der Waals surface area contributed by atoms with Crippen molar-refractivity contribution in [3.05, 3.63) is 66.3 Å². The van der Waals surface area contributed by atoms with Crippen molar-refractivity contribution in [3.63, 3.8) is 0 Å². The van der Waals surface area contributed by atoms with Gasteiger partial charge >= 0.3 is 5.97 Å². The summed E-state index contributed by atoms with van der Waals surface area (Å²) in [4.78, 5) is 30.3. The van der Waals surface area contributed by atoms with E-state index in [-0.39, 0.29) is 11.5 Å². The number of nitrogens with zero attached hydrogens (tertiary/aromatic N) is 2. The van der Waals surface area contributed by atoms with Crippen molar-refractivity contribution in [2.75, 3.05) is 17.7 Å². The molecule has 33 heavy (non-hydrogen) atoms. The number of ether oxygens (including phenoxy) is 1. The number of furan rings is 2. The predicted octanol–water partition coefficient (Wildman–Crippen LogP) is 4.92. The third kappa shape index (κ3) is 4.77. The standard InChI is InChI=1S/C24H26N4O5/c1-15(2)8-9-28-21(24(30)31-3)20(27-23(29)19-7-5-11-33-19)18-12-16(13-26-22(18)28)25-14-17-6-4-10-32-17/h4-7,10-13,15,25H,8-9,14H2,1-3H3,(H,27,29). The topological polar surface area (TPSA) is 112 Å². The summed E-state index contributed by atoms with van der Waals surface area (Å²) in [5.41, 5.74) is 1.86. The van der Waals surface area contributed by atoms with Gasteiger partial charge in [-0.2, -0.15) is 0 Å². The molecule has 4 aromatic heterocycles. The first kappa shape index (κ1) is 22.2. The molecule has 4 heterocycles. The van der Waals surface area contributed by atoms with E-state index in [1.54, 1.807) is 29.2 Å². The molecule has 0 saturated carbocycles. The number of hydrogen-bond acceptors (Lipinski definition) is 7. The number of rotatable bonds is 9. The molecule has 0 aliphatic heterocycles. The van der Waals surface area contributed by atoms with Crippen LogP contribution in [-0.4, -0.2) is 28.5 Å². The minimum Gasteiger partial charge on any atom is -0.467 e. The molecule has 0 aliphatic rings. The third-order valence-electron chi connectivity index (χ3n) is 5.24. The SMILES string of the molecule is COC(=O)c1c(NC(=O)c2ccco2)c2cc(NCc3ccco3)cnc2n1CCC(C)C. The van der Waals surface area contributed by atoms with Crippen LogP contribution in [0.2, 0.25) is 0 Å². The maximum Gasteiger partial charge on any atom is 0.356 e. The monoisotopic (exact) mass is 450 g/mol. The fourth-order valence-electron chi connectivity index (χ4n) is 3.55. The van der Waals surface area contributed by atoms with Gasteiger partial charge in [-0.25, -0.2) is 9.78 Å². The number of hydrogen-bond donors (Lipinski definition) is 2. The first-order valence-electron chi connectivity index (χ1n) is 10.7. The zero-order valence-electron chi connectivity index (χ0n) is 18.8. The zero-order chi connectivity index (χ0) is 23.4. The Morgan fingerprint density at radius 1 is 1.18 bits per heavy atom. The lowest BCUT2D eigenvalue weighted by atomic mass is 10.1. The van der Waals surface area contributed by atoms with E-state index in [0.717, 1.165) is 12.2 Å². The lowest BCUT2D eigenvalue weighted by Crippen LogP contribution is -2.17. The van der Waals surface area contributed by atoms with Crippen molar-refractivity contribution in [2.24, 2.45) is 5.92 Å². The lowest BCUT2D eigenvalue weighted by Gasteiger charge is -2.11. The first-order chi connectivity index (χ1) is 16.0. The first-order valence-corrected chi connectivity index (χ1v) is 10.7. The molecule has 0 unspecified atom stereocenters. The van der Waals surface area contributed by atoms with Gasteiger partial charge in [0.1, 0.15) is 11.4 Å². The summed E-state index contributed by atoms with van der Waals surface area (Å²) in [6.07, 6.45) is 5.54. The highest BCUT2D eigenvalue weighted by Gasteiger charge is 2.27. The molecular formula is C24H26N4O5. The molecule has 1 amide bonds. The van der Waals surface area contributed by atoms with Crippen LogP contribution in [0.5, 0.6) is 0 Å². The van der Waals surface area contributed by atoms with Crippen LogP contribution in [0.15, 0.2) is 57.9 Å². The van der Waals surface area contributed by atoms with Crippen LogP contribution >= 0.6 is 0 Å². The summed E-state index contributed by atoms with van der Waals surface area (Å²) in [5.74, 6) is 0.280. The molecule has 9 heteroatoms. The van der Waals surface area contributed by atoms with E-state index in [0.29, 0.717) is 41.4 Å². The number of fused-ring (bicyclic) bond motifs is 1. The number of anilines is 2. The van der Waals surface area contributed by atoms with Crippen molar-refractivity contribution in [1.29, 1.82) is 0 Å². The van der Waals surface area contributed by atoms with Gasteiger partial charge in [0.05, 0.1) is 43.8 Å². The predicted molar refractivity (Wildman–Crippen MR) is 123 cm³/mol. The van der Waals surface area contributed by atoms with Crippen LogP contribution in [0.3, 0.4) is 0 Å². The zero-order valence-corrected chi connectivity index (χ0v) is 18.8. The van der Waals surface area contributed by atoms with Crippen molar-refractivity contribution >= 4 is 34.3 Å². The van der Waals surface area contributed by atoms with E-state index < -0.39 is 11.9 Å². The van der Waals surface area contributed by atoms with E-state index in [1.165, 1.54) is 13.4 Å². The van der Waals surface area contributed by atoms with Crippen LogP contribution in [0.25, 0.3) is 11.0 Å². The number of methoxy groups -OCH3 is 1. The van der Waals surface area contributed by atoms with Crippen molar-refractivity contribution in [2.45, 2.75) is 33.4 Å². The van der Waals surface area contributed by atoms with Gasteiger partial charge in [-0.15, -0.1) is 0 Å². The second-order valence-electron chi connectivity index (χ2n) is 8.01. The summed E-state index contributed by atoms with van der Waals surface area (Å²) in [5, 5.41) is 6.71. The van der Waals surface area contributed by atoms with Crippen LogP contribution in [-0.2, 0) is 17.8 Å². The fourth-order valence-corrected chi connectivity index (χ4v) is 3.55. The van der Waals surface area contributed by atoms with Gasteiger partial charge in [0, 0.05) is 11.9 Å². The summed E-state index contributed by atoms with van der Waals surface area (Å²) in [6, 6.07) is 8.71. The molecule has 9 nitrogen and oxygen atoms in total. The van der Waals surface area contributed by atoms with Crippen LogP contribution < -0.4 is 10.6 Å². The van der Waals surface area contributed by atoms with Crippen molar-refractivity contribution < 1.29 is 23.2 Å². The highest BCUT2D eigenvalue weighted by atomic mass is 16.5. The van der Waals surface area contributed by atoms with E-state index in [1.807, 2.05) is 18.2 Å². The van der Waals surface area contributed by atoms with Gasteiger partial charge in [0.15, 0.2) is 11.5 Å². The van der Waals surface area contributed by atoms with Gasteiger partial charge in [0.2, 0.25) is 0 Å². The number of carbonyl (C=O) groups excluding carboxylic acids is 2. The van der Waals surface area contributed by atoms with E-state index in [4.69, 9.17) is 13.6 Å². The molecule has 0 atom stereocenters. The van der Waals surface area contributed by atoms with Crippen LogP contribution in [0.1, 0.15) is 47.1 Å². The summed E-state index contributed by atoms with van der Waals surface area (Å²) < 4.78 is 17.5. The smallest absolute Gasteiger partial charge is 0.356 e. The van der Waals surface area contributed by atoms with Crippen LogP contribution in [0.4, 0.5) is 11.4 Å². The number of pyridine rings is 1. The fraction of sp³-hybridized carbons (Fsp3) is 0.292. The Morgan fingerprint density at radius 2 is 1.97 bits per heavy atom. The molecule has 2 N–H and O–H groups in total. The van der Waals surface area contributed by atoms with Gasteiger partial charge in [-0.3, -0.25) is 4.79 Å². The van der Waals surface area contributed by atoms with E-state index in [9.17, 15) is 9.59 Å². The third-order valence-corrected chi connectivity index (χ3v) is 5.24. The molecule has 4 rings (SSSR count). The Hall–Kier alpha value is -4.01. The Balaban J connectivity index is 1.79.